The number of rotatable bonds is 5. The molecular formula is C23H34ClN3O4S. The summed E-state index contributed by atoms with van der Waals surface area (Å²) in [5.74, 6) is 0. The Balaban J connectivity index is 1.52. The van der Waals surface area contributed by atoms with E-state index in [9.17, 15) is 13.2 Å². The number of halogens is 1. The fraction of sp³-hybridized carbons (Fsp3) is 0.696. The third-order valence-electron chi connectivity index (χ3n) is 7.17. The number of nitrogens with zero attached hydrogens (tertiary/aromatic N) is 3. The molecular weight excluding hydrogens is 450 g/mol. The number of hydrogen-bond donors (Lipinski definition) is 0. The highest BCUT2D eigenvalue weighted by atomic mass is 35.5. The van der Waals surface area contributed by atoms with Crippen LogP contribution in [0.2, 0.25) is 5.02 Å². The van der Waals surface area contributed by atoms with Crippen LogP contribution in [0.3, 0.4) is 0 Å². The lowest BCUT2D eigenvalue weighted by Gasteiger charge is -2.44. The average Bonchev–Trinajstić information content (AvgIpc) is 3.54. The number of benzene rings is 1. The minimum absolute atomic E-state index is 0.153. The first kappa shape index (κ1) is 23.8. The maximum atomic E-state index is 13.6. The number of piperidine rings is 1. The van der Waals surface area contributed by atoms with Gasteiger partial charge in [0.1, 0.15) is 5.60 Å². The van der Waals surface area contributed by atoms with Crippen molar-refractivity contribution in [3.8, 4) is 0 Å². The largest absolute Gasteiger partial charge is 0.441 e. The number of sulfonamides is 1. The van der Waals surface area contributed by atoms with Gasteiger partial charge in [-0.25, -0.2) is 13.2 Å². The van der Waals surface area contributed by atoms with Crippen LogP contribution in [0.15, 0.2) is 29.2 Å². The zero-order valence-corrected chi connectivity index (χ0v) is 20.7. The molecule has 1 amide bonds. The topological polar surface area (TPSA) is 70.2 Å². The van der Waals surface area contributed by atoms with Gasteiger partial charge in [0.15, 0.2) is 0 Å². The molecule has 1 aromatic carbocycles. The highest BCUT2D eigenvalue weighted by molar-refractivity contribution is 7.89. The lowest BCUT2D eigenvalue weighted by Crippen LogP contribution is -2.57. The van der Waals surface area contributed by atoms with Gasteiger partial charge in [0, 0.05) is 43.3 Å². The first-order valence-electron chi connectivity index (χ1n) is 11.7. The van der Waals surface area contributed by atoms with Crippen molar-refractivity contribution in [2.75, 3.05) is 26.2 Å². The van der Waals surface area contributed by atoms with Crippen molar-refractivity contribution in [1.29, 1.82) is 0 Å². The minimum Gasteiger partial charge on any atom is -0.441 e. The zero-order valence-electron chi connectivity index (χ0n) is 19.2. The highest BCUT2D eigenvalue weighted by Crippen LogP contribution is 2.50. The first-order chi connectivity index (χ1) is 15.1. The highest BCUT2D eigenvalue weighted by Gasteiger charge is 2.59. The van der Waals surface area contributed by atoms with E-state index in [0.717, 1.165) is 25.9 Å². The van der Waals surface area contributed by atoms with Gasteiger partial charge in [-0.15, -0.1) is 0 Å². The molecule has 32 heavy (non-hydrogen) atoms. The molecule has 4 rings (SSSR count). The lowest BCUT2D eigenvalue weighted by molar-refractivity contribution is -0.0132. The maximum Gasteiger partial charge on any atom is 0.410 e. The van der Waals surface area contributed by atoms with Crippen LogP contribution < -0.4 is 0 Å². The number of carbonyl (C=O) groups is 1. The first-order valence-corrected chi connectivity index (χ1v) is 13.5. The smallest absolute Gasteiger partial charge is 0.410 e. The fourth-order valence-electron chi connectivity index (χ4n) is 5.08. The summed E-state index contributed by atoms with van der Waals surface area (Å²) < 4.78 is 34.9. The molecule has 1 aromatic rings. The normalized spacial score (nSPS) is 26.8. The van der Waals surface area contributed by atoms with Crippen molar-refractivity contribution < 1.29 is 17.9 Å². The van der Waals surface area contributed by atoms with E-state index in [4.69, 9.17) is 16.3 Å². The Kier molecular flexibility index (Phi) is 6.78. The lowest BCUT2D eigenvalue weighted by atomic mass is 9.94. The molecule has 0 aromatic heterocycles. The molecule has 7 nitrogen and oxygen atoms in total. The van der Waals surface area contributed by atoms with Gasteiger partial charge in [-0.3, -0.25) is 4.90 Å². The van der Waals surface area contributed by atoms with Crippen molar-refractivity contribution in [2.24, 2.45) is 0 Å². The second-order valence-corrected chi connectivity index (χ2v) is 11.9. The Morgan fingerprint density at radius 1 is 1.09 bits per heavy atom. The van der Waals surface area contributed by atoms with Gasteiger partial charge in [-0.1, -0.05) is 18.0 Å². The van der Waals surface area contributed by atoms with Gasteiger partial charge in [0.2, 0.25) is 10.0 Å². The van der Waals surface area contributed by atoms with Crippen LogP contribution in [0.1, 0.15) is 52.9 Å². The molecule has 0 N–H and O–H groups in total. The van der Waals surface area contributed by atoms with E-state index in [1.54, 1.807) is 33.5 Å². The van der Waals surface area contributed by atoms with Crippen LogP contribution >= 0.6 is 11.6 Å². The van der Waals surface area contributed by atoms with E-state index in [0.29, 0.717) is 43.4 Å². The molecule has 0 radical (unpaired) electrons. The van der Waals surface area contributed by atoms with E-state index in [2.05, 4.69) is 18.7 Å². The summed E-state index contributed by atoms with van der Waals surface area (Å²) in [5.41, 5.74) is -0.722. The summed E-state index contributed by atoms with van der Waals surface area (Å²) >= 11 is 5.97. The quantitative estimate of drug-likeness (QED) is 0.633. The summed E-state index contributed by atoms with van der Waals surface area (Å²) in [6, 6.07) is 6.27. The summed E-state index contributed by atoms with van der Waals surface area (Å²) in [7, 11) is -3.73. The number of ether oxygens (including phenoxy) is 1. The molecule has 2 atom stereocenters. The van der Waals surface area contributed by atoms with E-state index in [-0.39, 0.29) is 23.1 Å². The van der Waals surface area contributed by atoms with Gasteiger partial charge >= 0.3 is 6.09 Å². The molecule has 2 heterocycles. The molecule has 178 valence electrons. The Bertz CT molecular complexity index is 925. The van der Waals surface area contributed by atoms with E-state index in [1.165, 1.54) is 0 Å². The Morgan fingerprint density at radius 2 is 1.72 bits per heavy atom. The van der Waals surface area contributed by atoms with Gasteiger partial charge in [-0.2, -0.15) is 4.31 Å². The number of hydrogen-bond acceptors (Lipinski definition) is 5. The van der Waals surface area contributed by atoms with Gasteiger partial charge in [0.25, 0.3) is 0 Å². The van der Waals surface area contributed by atoms with Crippen LogP contribution in [0.4, 0.5) is 4.79 Å². The predicted molar refractivity (Wildman–Crippen MR) is 124 cm³/mol. The van der Waals surface area contributed by atoms with Crippen molar-refractivity contribution in [3.05, 3.63) is 29.3 Å². The Hall–Kier alpha value is -1.35. The minimum atomic E-state index is -3.73. The molecule has 2 aliphatic heterocycles. The van der Waals surface area contributed by atoms with Gasteiger partial charge in [-0.05, 0) is 70.7 Å². The molecule has 0 spiro atoms. The zero-order chi connectivity index (χ0) is 23.1. The number of amides is 1. The van der Waals surface area contributed by atoms with Crippen LogP contribution in [-0.4, -0.2) is 78.5 Å². The SMILES string of the molecule is CC(C)N1CCN(C(=O)OC2([C@H]3CCC[C@@H](C)N3S(=O)(=O)c3ccc(Cl)cc3)CC2)CC1. The summed E-state index contributed by atoms with van der Waals surface area (Å²) in [4.78, 5) is 17.4. The van der Waals surface area contributed by atoms with Crippen LogP contribution in [-0.2, 0) is 14.8 Å². The van der Waals surface area contributed by atoms with Gasteiger partial charge in [0.05, 0.1) is 10.9 Å². The average molecular weight is 484 g/mol. The van der Waals surface area contributed by atoms with Crippen molar-refractivity contribution >= 4 is 27.7 Å². The third-order valence-corrected chi connectivity index (χ3v) is 9.46. The van der Waals surface area contributed by atoms with E-state index < -0.39 is 15.6 Å². The van der Waals surface area contributed by atoms with Crippen LogP contribution in [0.5, 0.6) is 0 Å². The number of piperazine rings is 1. The summed E-state index contributed by atoms with van der Waals surface area (Å²) in [6.07, 6.45) is 3.51. The van der Waals surface area contributed by atoms with Gasteiger partial charge < -0.3 is 9.64 Å². The molecule has 3 aliphatic rings. The van der Waals surface area contributed by atoms with Crippen LogP contribution in [0.25, 0.3) is 0 Å². The summed E-state index contributed by atoms with van der Waals surface area (Å²) in [6.45, 7) is 9.21. The Labute approximate surface area is 196 Å². The third kappa shape index (κ3) is 4.65. The maximum absolute atomic E-state index is 13.6. The Morgan fingerprint density at radius 3 is 2.28 bits per heavy atom. The van der Waals surface area contributed by atoms with E-state index in [1.807, 2.05) is 6.92 Å². The standard InChI is InChI=1S/C23H34ClN3O4S/c1-17(2)25-13-15-26(16-14-25)22(28)31-23(11-12-23)21-6-4-5-18(3)27(21)32(29,30)20-9-7-19(24)8-10-20/h7-10,17-18,21H,4-6,11-16H2,1-3H3/t18-,21-/m1/s1. The summed E-state index contributed by atoms with van der Waals surface area (Å²) in [5, 5.41) is 0.498. The molecule has 2 saturated heterocycles. The van der Waals surface area contributed by atoms with Crippen molar-refractivity contribution in [2.45, 2.75) is 81.5 Å². The second-order valence-electron chi connectivity index (χ2n) is 9.63. The molecule has 0 bridgehead atoms. The molecule has 1 aliphatic carbocycles. The molecule has 0 unspecified atom stereocenters. The molecule has 1 saturated carbocycles. The van der Waals surface area contributed by atoms with E-state index >= 15 is 0 Å². The predicted octanol–water partition coefficient (Wildman–Crippen LogP) is 3.97. The van der Waals surface area contributed by atoms with Crippen molar-refractivity contribution in [3.63, 3.8) is 0 Å². The van der Waals surface area contributed by atoms with Crippen LogP contribution in [0, 0.1) is 0 Å². The molecule has 3 fully saturated rings. The number of carbonyl (C=O) groups excluding carboxylic acids is 1. The second kappa shape index (κ2) is 9.12. The fourth-order valence-corrected chi connectivity index (χ4v) is 7.14. The van der Waals surface area contributed by atoms with Crippen molar-refractivity contribution in [1.82, 2.24) is 14.1 Å². The monoisotopic (exact) mass is 483 g/mol. The molecule has 9 heteroatoms.